The molecule has 0 N–H and O–H groups in total. The van der Waals surface area contributed by atoms with Crippen LogP contribution in [0.1, 0.15) is 30.4 Å². The van der Waals surface area contributed by atoms with Crippen LogP contribution in [-0.2, 0) is 11.2 Å². The smallest absolute Gasteiger partial charge is 0.246 e. The zero-order valence-electron chi connectivity index (χ0n) is 14.4. The summed E-state index contributed by atoms with van der Waals surface area (Å²) in [6.45, 7) is 1.53. The first-order valence-electron chi connectivity index (χ1n) is 9.03. The molecule has 0 aromatic heterocycles. The molecule has 3 nitrogen and oxygen atoms in total. The Hall–Kier alpha value is -2.55. The molecule has 0 radical (unpaired) electrons. The first-order chi connectivity index (χ1) is 12.2. The van der Waals surface area contributed by atoms with Crippen LogP contribution < -0.4 is 4.74 Å². The number of aryl methyl sites for hydroxylation is 1. The van der Waals surface area contributed by atoms with E-state index in [1.54, 1.807) is 6.08 Å². The summed E-state index contributed by atoms with van der Waals surface area (Å²) in [5.74, 6) is 1.12. The van der Waals surface area contributed by atoms with Crippen LogP contribution in [0.15, 0.2) is 60.7 Å². The molecule has 0 aliphatic carbocycles. The number of benzene rings is 2. The molecule has 3 heteroatoms. The Labute approximate surface area is 148 Å². The first-order valence-corrected chi connectivity index (χ1v) is 9.03. The van der Waals surface area contributed by atoms with Crippen molar-refractivity contribution < 1.29 is 9.53 Å². The van der Waals surface area contributed by atoms with Gasteiger partial charge in [0, 0.05) is 32.0 Å². The van der Waals surface area contributed by atoms with Crippen molar-refractivity contribution in [1.82, 2.24) is 4.90 Å². The molecule has 0 atom stereocenters. The van der Waals surface area contributed by atoms with Gasteiger partial charge in [-0.25, -0.2) is 0 Å². The number of fused-ring (bicyclic) bond motifs is 1. The number of carbonyl (C=O) groups excluding carboxylic acids is 1. The van der Waals surface area contributed by atoms with E-state index in [1.807, 2.05) is 47.4 Å². The average molecular weight is 333 g/mol. The zero-order valence-corrected chi connectivity index (χ0v) is 14.4. The van der Waals surface area contributed by atoms with E-state index in [2.05, 4.69) is 18.2 Å². The van der Waals surface area contributed by atoms with Gasteiger partial charge in [-0.1, -0.05) is 48.5 Å². The highest BCUT2D eigenvalue weighted by atomic mass is 16.5. The van der Waals surface area contributed by atoms with Gasteiger partial charge in [0.1, 0.15) is 11.4 Å². The number of hydrogen-bond donors (Lipinski definition) is 0. The minimum Gasteiger partial charge on any atom is -0.487 e. The fourth-order valence-electron chi connectivity index (χ4n) is 3.78. The number of para-hydroxylation sites is 1. The molecule has 1 fully saturated rings. The predicted molar refractivity (Wildman–Crippen MR) is 99.4 cm³/mol. The highest BCUT2D eigenvalue weighted by Crippen LogP contribution is 2.39. The van der Waals surface area contributed by atoms with Gasteiger partial charge in [0.05, 0.1) is 0 Å². The van der Waals surface area contributed by atoms with E-state index in [4.69, 9.17) is 4.74 Å². The van der Waals surface area contributed by atoms with Crippen LogP contribution in [0.3, 0.4) is 0 Å². The topological polar surface area (TPSA) is 29.5 Å². The molecule has 128 valence electrons. The first kappa shape index (κ1) is 15.9. The Morgan fingerprint density at radius 3 is 2.48 bits per heavy atom. The van der Waals surface area contributed by atoms with Gasteiger partial charge >= 0.3 is 0 Å². The molecule has 0 saturated carbocycles. The Morgan fingerprint density at radius 2 is 1.68 bits per heavy atom. The highest BCUT2D eigenvalue weighted by Gasteiger charge is 2.39. The van der Waals surface area contributed by atoms with Crippen molar-refractivity contribution >= 4 is 12.0 Å². The lowest BCUT2D eigenvalue weighted by molar-refractivity contribution is -0.129. The normalized spacial score (nSPS) is 18.8. The molecule has 4 rings (SSSR count). The van der Waals surface area contributed by atoms with Crippen molar-refractivity contribution in [2.24, 2.45) is 0 Å². The van der Waals surface area contributed by atoms with E-state index >= 15 is 0 Å². The van der Waals surface area contributed by atoms with Crippen LogP contribution >= 0.6 is 0 Å². The molecular weight excluding hydrogens is 310 g/mol. The van der Waals surface area contributed by atoms with Crippen LogP contribution in [0, 0.1) is 0 Å². The van der Waals surface area contributed by atoms with Gasteiger partial charge in [-0.05, 0) is 36.1 Å². The fraction of sp³-hybridized carbons (Fsp3) is 0.318. The molecule has 2 heterocycles. The summed E-state index contributed by atoms with van der Waals surface area (Å²) in [7, 11) is 0. The third kappa shape index (κ3) is 3.46. The average Bonchev–Trinajstić information content (AvgIpc) is 2.67. The van der Waals surface area contributed by atoms with Crippen LogP contribution in [0.2, 0.25) is 0 Å². The summed E-state index contributed by atoms with van der Waals surface area (Å²) < 4.78 is 6.36. The number of carbonyl (C=O) groups is 1. The van der Waals surface area contributed by atoms with Gasteiger partial charge < -0.3 is 9.64 Å². The number of rotatable bonds is 2. The van der Waals surface area contributed by atoms with Crippen molar-refractivity contribution in [3.05, 3.63) is 71.8 Å². The molecule has 0 bridgehead atoms. The Morgan fingerprint density at radius 1 is 0.960 bits per heavy atom. The molecule has 2 aromatic carbocycles. The second-order valence-electron chi connectivity index (χ2n) is 6.96. The van der Waals surface area contributed by atoms with Crippen molar-refractivity contribution in [3.8, 4) is 5.75 Å². The molecule has 1 amide bonds. The SMILES string of the molecule is O=C(/C=C/c1ccccc1)N1CCC2(CCc3ccccc3O2)CC1. The lowest BCUT2D eigenvalue weighted by Gasteiger charge is -2.44. The predicted octanol–water partition coefficient (Wildman–Crippen LogP) is 4.09. The van der Waals surface area contributed by atoms with Gasteiger partial charge in [-0.2, -0.15) is 0 Å². The maximum absolute atomic E-state index is 12.4. The van der Waals surface area contributed by atoms with Crippen LogP contribution in [0.4, 0.5) is 0 Å². The summed E-state index contributed by atoms with van der Waals surface area (Å²) in [6, 6.07) is 18.3. The van der Waals surface area contributed by atoms with Crippen molar-refractivity contribution in [2.45, 2.75) is 31.3 Å². The quantitative estimate of drug-likeness (QED) is 0.775. The van der Waals surface area contributed by atoms with Crippen molar-refractivity contribution in [3.63, 3.8) is 0 Å². The molecule has 25 heavy (non-hydrogen) atoms. The monoisotopic (exact) mass is 333 g/mol. The number of ether oxygens (including phenoxy) is 1. The molecule has 2 aliphatic rings. The van der Waals surface area contributed by atoms with Gasteiger partial charge in [-0.15, -0.1) is 0 Å². The third-order valence-corrected chi connectivity index (χ3v) is 5.35. The number of likely N-dealkylation sites (tertiary alicyclic amines) is 1. The molecule has 2 aliphatic heterocycles. The third-order valence-electron chi connectivity index (χ3n) is 5.35. The lowest BCUT2D eigenvalue weighted by atomic mass is 9.83. The minimum absolute atomic E-state index is 0.0890. The zero-order chi connectivity index (χ0) is 17.1. The van der Waals surface area contributed by atoms with Crippen LogP contribution in [0.5, 0.6) is 5.75 Å². The summed E-state index contributed by atoms with van der Waals surface area (Å²) >= 11 is 0. The summed E-state index contributed by atoms with van der Waals surface area (Å²) in [4.78, 5) is 14.4. The van der Waals surface area contributed by atoms with E-state index in [-0.39, 0.29) is 11.5 Å². The minimum atomic E-state index is -0.0890. The number of piperidine rings is 1. The maximum atomic E-state index is 12.4. The second-order valence-corrected chi connectivity index (χ2v) is 6.96. The molecule has 1 saturated heterocycles. The Balaban J connectivity index is 1.37. The van der Waals surface area contributed by atoms with Crippen LogP contribution in [-0.4, -0.2) is 29.5 Å². The molecule has 1 spiro atoms. The van der Waals surface area contributed by atoms with E-state index < -0.39 is 0 Å². The molecule has 2 aromatic rings. The number of nitrogens with zero attached hydrogens (tertiary/aromatic N) is 1. The van der Waals surface area contributed by atoms with Gasteiger partial charge in [0.2, 0.25) is 5.91 Å². The number of hydrogen-bond acceptors (Lipinski definition) is 2. The number of amides is 1. The fourth-order valence-corrected chi connectivity index (χ4v) is 3.78. The second kappa shape index (κ2) is 6.75. The van der Waals surface area contributed by atoms with Gasteiger partial charge in [-0.3, -0.25) is 4.79 Å². The lowest BCUT2D eigenvalue weighted by Crippen LogP contribution is -2.50. The van der Waals surface area contributed by atoms with Crippen LogP contribution in [0.25, 0.3) is 6.08 Å². The summed E-state index contributed by atoms with van der Waals surface area (Å²) in [5.41, 5.74) is 2.27. The van der Waals surface area contributed by atoms with Gasteiger partial charge in [0.15, 0.2) is 0 Å². The van der Waals surface area contributed by atoms with E-state index in [0.29, 0.717) is 0 Å². The Bertz CT molecular complexity index is 774. The summed E-state index contributed by atoms with van der Waals surface area (Å²) in [5, 5.41) is 0. The summed E-state index contributed by atoms with van der Waals surface area (Å²) in [6.07, 6.45) is 7.51. The highest BCUT2D eigenvalue weighted by molar-refractivity contribution is 5.91. The van der Waals surface area contributed by atoms with E-state index in [9.17, 15) is 4.79 Å². The largest absolute Gasteiger partial charge is 0.487 e. The molecule has 0 unspecified atom stereocenters. The standard InChI is InChI=1S/C22H23NO2/c24-21(11-10-18-6-2-1-3-7-18)23-16-14-22(15-17-23)13-12-19-8-4-5-9-20(19)25-22/h1-11H,12-17H2/b11-10+. The Kier molecular flexibility index (Phi) is 4.31. The van der Waals surface area contributed by atoms with Crippen molar-refractivity contribution in [1.29, 1.82) is 0 Å². The maximum Gasteiger partial charge on any atom is 0.246 e. The van der Waals surface area contributed by atoms with E-state index in [0.717, 1.165) is 50.1 Å². The van der Waals surface area contributed by atoms with Crippen molar-refractivity contribution in [2.75, 3.05) is 13.1 Å². The molecular formula is C22H23NO2. The van der Waals surface area contributed by atoms with E-state index in [1.165, 1.54) is 5.56 Å². The van der Waals surface area contributed by atoms with Gasteiger partial charge in [0.25, 0.3) is 0 Å².